The Morgan fingerprint density at radius 3 is 2.93 bits per heavy atom. The summed E-state index contributed by atoms with van der Waals surface area (Å²) in [7, 11) is 1.90. The number of hydrogen-bond acceptors (Lipinski definition) is 3. The summed E-state index contributed by atoms with van der Waals surface area (Å²) in [5, 5.41) is 4.27. The summed E-state index contributed by atoms with van der Waals surface area (Å²) in [5.74, 6) is 0. The molecule has 4 nitrogen and oxygen atoms in total. The van der Waals surface area contributed by atoms with E-state index in [4.69, 9.17) is 5.73 Å². The summed E-state index contributed by atoms with van der Waals surface area (Å²) in [6.45, 7) is 0.466. The van der Waals surface area contributed by atoms with Crippen LogP contribution in [0.1, 0.15) is 5.69 Å². The van der Waals surface area contributed by atoms with Crippen molar-refractivity contribution in [2.24, 2.45) is 12.8 Å². The zero-order valence-electron chi connectivity index (χ0n) is 8.01. The predicted molar refractivity (Wildman–Crippen MR) is 54.3 cm³/mol. The SMILES string of the molecule is Cn1nc(CN)cc1-c1cccnc1. The van der Waals surface area contributed by atoms with Gasteiger partial charge in [0.2, 0.25) is 0 Å². The van der Waals surface area contributed by atoms with Crippen LogP contribution in [0.25, 0.3) is 11.3 Å². The summed E-state index contributed by atoms with van der Waals surface area (Å²) in [6, 6.07) is 5.89. The molecular formula is C10H12N4. The molecule has 2 aromatic rings. The van der Waals surface area contributed by atoms with Crippen LogP contribution in [0.5, 0.6) is 0 Å². The van der Waals surface area contributed by atoms with Gasteiger partial charge in [0, 0.05) is 31.5 Å². The summed E-state index contributed by atoms with van der Waals surface area (Å²) in [6.07, 6.45) is 3.57. The lowest BCUT2D eigenvalue weighted by atomic mass is 10.2. The van der Waals surface area contributed by atoms with E-state index in [9.17, 15) is 0 Å². The van der Waals surface area contributed by atoms with Crippen molar-refractivity contribution in [1.82, 2.24) is 14.8 Å². The minimum Gasteiger partial charge on any atom is -0.325 e. The number of nitrogens with two attached hydrogens (primary N) is 1. The smallest absolute Gasteiger partial charge is 0.0766 e. The van der Waals surface area contributed by atoms with E-state index in [1.54, 1.807) is 6.20 Å². The molecule has 0 spiro atoms. The average Bonchev–Trinajstić information content (AvgIpc) is 2.61. The summed E-state index contributed by atoms with van der Waals surface area (Å²) in [4.78, 5) is 4.06. The monoisotopic (exact) mass is 188 g/mol. The van der Waals surface area contributed by atoms with Gasteiger partial charge in [-0.05, 0) is 18.2 Å². The van der Waals surface area contributed by atoms with Crippen molar-refractivity contribution in [2.75, 3.05) is 0 Å². The van der Waals surface area contributed by atoms with Gasteiger partial charge < -0.3 is 5.73 Å². The van der Waals surface area contributed by atoms with Crippen molar-refractivity contribution in [1.29, 1.82) is 0 Å². The second kappa shape index (κ2) is 3.59. The maximum Gasteiger partial charge on any atom is 0.0766 e. The van der Waals surface area contributed by atoms with E-state index in [1.165, 1.54) is 0 Å². The van der Waals surface area contributed by atoms with E-state index >= 15 is 0 Å². The quantitative estimate of drug-likeness (QED) is 0.763. The van der Waals surface area contributed by atoms with Crippen LogP contribution in [-0.4, -0.2) is 14.8 Å². The van der Waals surface area contributed by atoms with Gasteiger partial charge in [0.1, 0.15) is 0 Å². The molecule has 0 unspecified atom stereocenters. The maximum absolute atomic E-state index is 5.52. The van der Waals surface area contributed by atoms with E-state index in [0.717, 1.165) is 17.0 Å². The second-order valence-electron chi connectivity index (χ2n) is 3.09. The molecule has 4 heteroatoms. The molecule has 0 aliphatic rings. The Morgan fingerprint density at radius 2 is 2.36 bits per heavy atom. The minimum atomic E-state index is 0.466. The van der Waals surface area contributed by atoms with E-state index < -0.39 is 0 Å². The Kier molecular flexibility index (Phi) is 2.28. The molecule has 0 atom stereocenters. The zero-order chi connectivity index (χ0) is 9.97. The summed E-state index contributed by atoms with van der Waals surface area (Å²) in [5.41, 5.74) is 8.51. The van der Waals surface area contributed by atoms with Crippen LogP contribution in [-0.2, 0) is 13.6 Å². The van der Waals surface area contributed by atoms with Crippen LogP contribution in [0.4, 0.5) is 0 Å². The van der Waals surface area contributed by atoms with Gasteiger partial charge in [-0.15, -0.1) is 0 Å². The largest absolute Gasteiger partial charge is 0.325 e. The Morgan fingerprint density at radius 1 is 1.50 bits per heavy atom. The number of nitrogens with zero attached hydrogens (tertiary/aromatic N) is 3. The van der Waals surface area contributed by atoms with E-state index in [1.807, 2.05) is 36.1 Å². The molecule has 2 N–H and O–H groups in total. The Balaban J connectivity index is 2.46. The lowest BCUT2D eigenvalue weighted by Gasteiger charge is -1.99. The first-order valence-corrected chi connectivity index (χ1v) is 4.44. The van der Waals surface area contributed by atoms with Crippen molar-refractivity contribution >= 4 is 0 Å². The highest BCUT2D eigenvalue weighted by Gasteiger charge is 2.05. The van der Waals surface area contributed by atoms with Crippen LogP contribution < -0.4 is 5.73 Å². The molecule has 72 valence electrons. The molecule has 0 aromatic carbocycles. The topological polar surface area (TPSA) is 56.7 Å². The highest BCUT2D eigenvalue weighted by atomic mass is 15.3. The number of aromatic nitrogens is 3. The molecule has 0 bridgehead atoms. The van der Waals surface area contributed by atoms with Gasteiger partial charge in [-0.1, -0.05) is 0 Å². The molecule has 0 saturated heterocycles. The lowest BCUT2D eigenvalue weighted by Crippen LogP contribution is -1.98. The van der Waals surface area contributed by atoms with E-state index in [0.29, 0.717) is 6.54 Å². The summed E-state index contributed by atoms with van der Waals surface area (Å²) < 4.78 is 1.82. The molecule has 0 aliphatic heterocycles. The predicted octanol–water partition coefficient (Wildman–Crippen LogP) is 0.941. The van der Waals surface area contributed by atoms with Crippen molar-refractivity contribution in [3.8, 4) is 11.3 Å². The third-order valence-electron chi connectivity index (χ3n) is 2.10. The van der Waals surface area contributed by atoms with Gasteiger partial charge in [-0.25, -0.2) is 0 Å². The van der Waals surface area contributed by atoms with Crippen LogP contribution in [0, 0.1) is 0 Å². The maximum atomic E-state index is 5.52. The molecule has 2 rings (SSSR count). The zero-order valence-corrected chi connectivity index (χ0v) is 8.01. The Bertz CT molecular complexity index is 419. The Hall–Kier alpha value is -1.68. The first kappa shape index (κ1) is 8.90. The number of hydrogen-bond donors (Lipinski definition) is 1. The fourth-order valence-corrected chi connectivity index (χ4v) is 1.41. The van der Waals surface area contributed by atoms with Crippen molar-refractivity contribution in [2.45, 2.75) is 6.54 Å². The second-order valence-corrected chi connectivity index (χ2v) is 3.09. The molecular weight excluding hydrogens is 176 g/mol. The molecule has 0 aliphatic carbocycles. The van der Waals surface area contributed by atoms with E-state index in [2.05, 4.69) is 10.1 Å². The fourth-order valence-electron chi connectivity index (χ4n) is 1.41. The highest BCUT2D eigenvalue weighted by molar-refractivity contribution is 5.58. The number of rotatable bonds is 2. The van der Waals surface area contributed by atoms with Gasteiger partial charge in [-0.2, -0.15) is 5.10 Å². The van der Waals surface area contributed by atoms with Gasteiger partial charge in [0.25, 0.3) is 0 Å². The van der Waals surface area contributed by atoms with Crippen LogP contribution in [0.2, 0.25) is 0 Å². The van der Waals surface area contributed by atoms with Crippen molar-refractivity contribution < 1.29 is 0 Å². The number of pyridine rings is 1. The first-order chi connectivity index (χ1) is 6.81. The molecule has 2 heterocycles. The van der Waals surface area contributed by atoms with Crippen LogP contribution in [0.15, 0.2) is 30.6 Å². The normalized spacial score (nSPS) is 10.4. The Labute approximate surface area is 82.4 Å². The third kappa shape index (κ3) is 1.52. The van der Waals surface area contributed by atoms with E-state index in [-0.39, 0.29) is 0 Å². The van der Waals surface area contributed by atoms with Crippen molar-refractivity contribution in [3.05, 3.63) is 36.3 Å². The van der Waals surface area contributed by atoms with Gasteiger partial charge >= 0.3 is 0 Å². The standard InChI is InChI=1S/C10H12N4/c1-14-10(5-9(6-11)13-14)8-3-2-4-12-7-8/h2-5,7H,6,11H2,1H3. The fraction of sp³-hybridized carbons (Fsp3) is 0.200. The number of aryl methyl sites for hydroxylation is 1. The molecule has 14 heavy (non-hydrogen) atoms. The van der Waals surface area contributed by atoms with Crippen LogP contribution >= 0.6 is 0 Å². The molecule has 2 aromatic heterocycles. The van der Waals surface area contributed by atoms with Crippen molar-refractivity contribution in [3.63, 3.8) is 0 Å². The third-order valence-corrected chi connectivity index (χ3v) is 2.10. The lowest BCUT2D eigenvalue weighted by molar-refractivity contribution is 0.749. The molecule has 0 fully saturated rings. The minimum absolute atomic E-state index is 0.466. The summed E-state index contributed by atoms with van der Waals surface area (Å²) >= 11 is 0. The van der Waals surface area contributed by atoms with Crippen LogP contribution in [0.3, 0.4) is 0 Å². The average molecular weight is 188 g/mol. The van der Waals surface area contributed by atoms with Gasteiger partial charge in [0.05, 0.1) is 11.4 Å². The first-order valence-electron chi connectivity index (χ1n) is 4.44. The molecule has 0 amide bonds. The highest BCUT2D eigenvalue weighted by Crippen LogP contribution is 2.17. The van der Waals surface area contributed by atoms with Gasteiger partial charge in [-0.3, -0.25) is 9.67 Å². The molecule has 0 radical (unpaired) electrons. The molecule has 0 saturated carbocycles. The van der Waals surface area contributed by atoms with Gasteiger partial charge in [0.15, 0.2) is 0 Å².